The molecule has 0 bridgehead atoms. The summed E-state index contributed by atoms with van der Waals surface area (Å²) >= 11 is 3.40. The number of aliphatic hydroxyl groups is 1. The van der Waals surface area contributed by atoms with Crippen LogP contribution < -0.4 is 4.90 Å². The highest BCUT2D eigenvalue weighted by molar-refractivity contribution is 9.10. The van der Waals surface area contributed by atoms with Crippen molar-refractivity contribution in [2.45, 2.75) is 30.9 Å². The molecular weight excluding hydrogens is 427 g/mol. The van der Waals surface area contributed by atoms with E-state index in [1.165, 1.54) is 24.3 Å². The number of nitrogens with zero attached hydrogens (tertiary/aromatic N) is 2. The molecule has 0 aromatic heterocycles. The zero-order valence-corrected chi connectivity index (χ0v) is 16.7. The van der Waals surface area contributed by atoms with Crippen molar-refractivity contribution in [3.8, 4) is 0 Å². The lowest BCUT2D eigenvalue weighted by atomic mass is 9.84. The molecule has 2 aliphatic rings. The van der Waals surface area contributed by atoms with Crippen LogP contribution >= 0.6 is 15.9 Å². The maximum atomic E-state index is 13.1. The first-order chi connectivity index (χ1) is 13.4. The van der Waals surface area contributed by atoms with E-state index in [1.54, 1.807) is 0 Å². The summed E-state index contributed by atoms with van der Waals surface area (Å²) in [5.74, 6) is -0.983. The normalized spacial score (nSPS) is 22.7. The Morgan fingerprint density at radius 1 is 1.00 bits per heavy atom. The van der Waals surface area contributed by atoms with Crippen molar-refractivity contribution >= 4 is 33.4 Å². The molecule has 2 amide bonds. The van der Waals surface area contributed by atoms with Crippen LogP contribution in [0, 0.1) is 5.82 Å². The molecule has 4 rings (SSSR count). The Kier molecular flexibility index (Phi) is 5.07. The molecule has 7 heteroatoms. The standard InChI is InChI=1S/C21H20BrFN2O3/c22-15-3-1-14(2-4-15)21(28)9-11-24(12-10-21)18-13-19(26)25(20(18)27)17-7-5-16(23)6-8-17/h1-8,18,28H,9-13H2/t18-/m0/s1. The smallest absolute Gasteiger partial charge is 0.251 e. The molecule has 2 aromatic carbocycles. The number of anilines is 1. The van der Waals surface area contributed by atoms with Crippen molar-refractivity contribution < 1.29 is 19.1 Å². The van der Waals surface area contributed by atoms with Crippen molar-refractivity contribution in [3.05, 3.63) is 64.4 Å². The third-order valence-electron chi connectivity index (χ3n) is 5.66. The zero-order chi connectivity index (χ0) is 19.9. The summed E-state index contributed by atoms with van der Waals surface area (Å²) in [6.07, 6.45) is 1.08. The van der Waals surface area contributed by atoms with Crippen LogP contribution in [0.4, 0.5) is 10.1 Å². The average molecular weight is 447 g/mol. The first-order valence-electron chi connectivity index (χ1n) is 9.22. The van der Waals surface area contributed by atoms with Gasteiger partial charge in [0.1, 0.15) is 5.82 Å². The molecule has 146 valence electrons. The van der Waals surface area contributed by atoms with Gasteiger partial charge in [-0.15, -0.1) is 0 Å². The van der Waals surface area contributed by atoms with E-state index in [9.17, 15) is 19.1 Å². The van der Waals surface area contributed by atoms with E-state index in [-0.39, 0.29) is 18.2 Å². The van der Waals surface area contributed by atoms with Crippen LogP contribution in [0.3, 0.4) is 0 Å². The van der Waals surface area contributed by atoms with Gasteiger partial charge < -0.3 is 5.11 Å². The minimum absolute atomic E-state index is 0.104. The van der Waals surface area contributed by atoms with Gasteiger partial charge in [0.15, 0.2) is 0 Å². The fourth-order valence-electron chi connectivity index (χ4n) is 4.02. The second-order valence-corrected chi connectivity index (χ2v) is 8.25. The summed E-state index contributed by atoms with van der Waals surface area (Å²) in [4.78, 5) is 28.4. The highest BCUT2D eigenvalue weighted by Gasteiger charge is 2.45. The number of hydrogen-bond acceptors (Lipinski definition) is 4. The van der Waals surface area contributed by atoms with Gasteiger partial charge in [-0.1, -0.05) is 28.1 Å². The molecule has 2 aromatic rings. The van der Waals surface area contributed by atoms with Gasteiger partial charge in [0, 0.05) is 17.6 Å². The quantitative estimate of drug-likeness (QED) is 0.735. The van der Waals surface area contributed by atoms with E-state index in [0.29, 0.717) is 31.6 Å². The average Bonchev–Trinajstić information content (AvgIpc) is 2.98. The first kappa shape index (κ1) is 19.2. The number of carbonyl (C=O) groups is 2. The summed E-state index contributed by atoms with van der Waals surface area (Å²) < 4.78 is 14.1. The molecule has 28 heavy (non-hydrogen) atoms. The second-order valence-electron chi connectivity index (χ2n) is 7.34. The van der Waals surface area contributed by atoms with Crippen molar-refractivity contribution in [2.75, 3.05) is 18.0 Å². The largest absolute Gasteiger partial charge is 0.385 e. The van der Waals surface area contributed by atoms with Gasteiger partial charge in [-0.05, 0) is 54.8 Å². The fourth-order valence-corrected chi connectivity index (χ4v) is 4.28. The van der Waals surface area contributed by atoms with E-state index in [1.807, 2.05) is 29.2 Å². The Morgan fingerprint density at radius 2 is 1.61 bits per heavy atom. The van der Waals surface area contributed by atoms with Crippen molar-refractivity contribution in [3.63, 3.8) is 0 Å². The molecule has 0 saturated carbocycles. The van der Waals surface area contributed by atoms with Crippen LogP contribution in [0.1, 0.15) is 24.8 Å². The van der Waals surface area contributed by atoms with Gasteiger partial charge in [-0.2, -0.15) is 0 Å². The zero-order valence-electron chi connectivity index (χ0n) is 15.1. The molecular formula is C21H20BrFN2O3. The Morgan fingerprint density at radius 3 is 2.21 bits per heavy atom. The highest BCUT2D eigenvalue weighted by atomic mass is 79.9. The SMILES string of the molecule is O=C1C[C@H](N2CCC(O)(c3ccc(Br)cc3)CC2)C(=O)N1c1ccc(F)cc1. The van der Waals surface area contributed by atoms with Gasteiger partial charge in [0.2, 0.25) is 5.91 Å². The lowest BCUT2D eigenvalue weighted by molar-refractivity contribution is -0.124. The Hall–Kier alpha value is -2.09. The molecule has 0 spiro atoms. The number of amides is 2. The number of piperidine rings is 1. The van der Waals surface area contributed by atoms with Crippen LogP contribution in [-0.4, -0.2) is 41.0 Å². The number of hydrogen-bond donors (Lipinski definition) is 1. The molecule has 2 aliphatic heterocycles. The molecule has 0 radical (unpaired) electrons. The molecule has 5 nitrogen and oxygen atoms in total. The minimum atomic E-state index is -0.931. The molecule has 0 aliphatic carbocycles. The monoisotopic (exact) mass is 446 g/mol. The predicted octanol–water partition coefficient (Wildman–Crippen LogP) is 3.20. The van der Waals surface area contributed by atoms with Gasteiger partial charge in [-0.25, -0.2) is 9.29 Å². The summed E-state index contributed by atoms with van der Waals surface area (Å²) in [6, 6.07) is 12.4. The van der Waals surface area contributed by atoms with Crippen LogP contribution in [0.5, 0.6) is 0 Å². The van der Waals surface area contributed by atoms with Gasteiger partial charge in [0.05, 0.1) is 23.8 Å². The molecule has 1 N–H and O–H groups in total. The number of benzene rings is 2. The number of halogens is 2. The summed E-state index contributed by atoms with van der Waals surface area (Å²) in [6.45, 7) is 1.04. The summed E-state index contributed by atoms with van der Waals surface area (Å²) in [5.41, 5.74) is 0.318. The highest BCUT2D eigenvalue weighted by Crippen LogP contribution is 2.36. The Bertz CT molecular complexity index is 893. The number of imide groups is 1. The molecule has 0 unspecified atom stereocenters. The maximum absolute atomic E-state index is 13.1. The summed E-state index contributed by atoms with van der Waals surface area (Å²) in [7, 11) is 0. The van der Waals surface area contributed by atoms with E-state index < -0.39 is 17.5 Å². The first-order valence-corrected chi connectivity index (χ1v) is 10.0. The second kappa shape index (κ2) is 7.39. The van der Waals surface area contributed by atoms with Gasteiger partial charge in [-0.3, -0.25) is 14.5 Å². The number of carbonyl (C=O) groups excluding carboxylic acids is 2. The lowest BCUT2D eigenvalue weighted by Crippen LogP contribution is -2.49. The van der Waals surface area contributed by atoms with Gasteiger partial charge in [0.25, 0.3) is 5.91 Å². The predicted molar refractivity (Wildman–Crippen MR) is 106 cm³/mol. The van der Waals surface area contributed by atoms with Crippen molar-refractivity contribution in [1.29, 1.82) is 0 Å². The van der Waals surface area contributed by atoms with Crippen molar-refractivity contribution in [2.24, 2.45) is 0 Å². The van der Waals surface area contributed by atoms with Gasteiger partial charge >= 0.3 is 0 Å². The van der Waals surface area contributed by atoms with E-state index in [4.69, 9.17) is 0 Å². The third-order valence-corrected chi connectivity index (χ3v) is 6.18. The molecule has 2 saturated heterocycles. The third kappa shape index (κ3) is 3.50. The van der Waals surface area contributed by atoms with Crippen LogP contribution in [0.2, 0.25) is 0 Å². The van der Waals surface area contributed by atoms with Crippen LogP contribution in [0.25, 0.3) is 0 Å². The van der Waals surface area contributed by atoms with Crippen LogP contribution in [0.15, 0.2) is 53.0 Å². The minimum Gasteiger partial charge on any atom is -0.385 e. The fraction of sp³-hybridized carbons (Fsp3) is 0.333. The van der Waals surface area contributed by atoms with Crippen LogP contribution in [-0.2, 0) is 15.2 Å². The van der Waals surface area contributed by atoms with E-state index in [2.05, 4.69) is 15.9 Å². The lowest BCUT2D eigenvalue weighted by Gasteiger charge is -2.40. The Labute approximate surface area is 170 Å². The summed E-state index contributed by atoms with van der Waals surface area (Å²) in [5, 5.41) is 11.0. The number of rotatable bonds is 3. The van der Waals surface area contributed by atoms with E-state index >= 15 is 0 Å². The topological polar surface area (TPSA) is 60.9 Å². The Balaban J connectivity index is 1.46. The van der Waals surface area contributed by atoms with Crippen molar-refractivity contribution in [1.82, 2.24) is 4.90 Å². The maximum Gasteiger partial charge on any atom is 0.251 e. The number of likely N-dealkylation sites (tertiary alicyclic amines) is 1. The molecule has 2 fully saturated rings. The molecule has 2 heterocycles. The van der Waals surface area contributed by atoms with E-state index in [0.717, 1.165) is 14.9 Å². The molecule has 1 atom stereocenters.